The van der Waals surface area contributed by atoms with Crippen molar-refractivity contribution in [2.45, 2.75) is 25.7 Å². The van der Waals surface area contributed by atoms with Crippen LogP contribution in [0, 0.1) is 11.3 Å². The third kappa shape index (κ3) is 5.53. The van der Waals surface area contributed by atoms with Gasteiger partial charge in [-0.1, -0.05) is 6.42 Å². The number of esters is 1. The van der Waals surface area contributed by atoms with Gasteiger partial charge in [-0.25, -0.2) is 0 Å². The molecule has 1 rings (SSSR count). The molecule has 0 spiro atoms. The quantitative estimate of drug-likeness (QED) is 0.609. The van der Waals surface area contributed by atoms with Crippen molar-refractivity contribution < 1.29 is 14.3 Å². The second-order valence-corrected chi connectivity index (χ2v) is 4.33. The van der Waals surface area contributed by atoms with Crippen molar-refractivity contribution in [3.63, 3.8) is 0 Å². The van der Waals surface area contributed by atoms with E-state index < -0.39 is 0 Å². The van der Waals surface area contributed by atoms with Gasteiger partial charge < -0.3 is 10.1 Å². The molecule has 5 heteroatoms. The van der Waals surface area contributed by atoms with Crippen LogP contribution in [-0.4, -0.2) is 25.5 Å². The van der Waals surface area contributed by atoms with Gasteiger partial charge in [0.2, 0.25) is 0 Å². The summed E-state index contributed by atoms with van der Waals surface area (Å²) in [7, 11) is 1.38. The van der Waals surface area contributed by atoms with E-state index in [1.54, 1.807) is 24.3 Å². The Kier molecular flexibility index (Phi) is 6.83. The normalized spacial score (nSPS) is 9.60. The maximum absolute atomic E-state index is 11.8. The predicted molar refractivity (Wildman–Crippen MR) is 74.0 cm³/mol. The number of hydrogen-bond acceptors (Lipinski definition) is 4. The van der Waals surface area contributed by atoms with Crippen LogP contribution in [-0.2, 0) is 9.53 Å². The molecule has 1 aromatic rings. The Hall–Kier alpha value is -2.35. The minimum atomic E-state index is -0.202. The van der Waals surface area contributed by atoms with Gasteiger partial charge in [0.15, 0.2) is 0 Å². The van der Waals surface area contributed by atoms with Crippen LogP contribution >= 0.6 is 0 Å². The molecule has 0 heterocycles. The molecule has 0 aliphatic heterocycles. The number of carbonyl (C=O) groups is 2. The number of nitriles is 1. The van der Waals surface area contributed by atoms with Gasteiger partial charge in [-0.15, -0.1) is 0 Å². The molecule has 0 atom stereocenters. The Morgan fingerprint density at radius 1 is 1.20 bits per heavy atom. The predicted octanol–water partition coefficient (Wildman–Crippen LogP) is 2.02. The summed E-state index contributed by atoms with van der Waals surface area (Å²) in [6.07, 6.45) is 2.86. The molecule has 0 bridgehead atoms. The lowest BCUT2D eigenvalue weighted by atomic mass is 10.1. The highest BCUT2D eigenvalue weighted by atomic mass is 16.5. The van der Waals surface area contributed by atoms with Crippen molar-refractivity contribution in [3.8, 4) is 6.07 Å². The maximum Gasteiger partial charge on any atom is 0.305 e. The largest absolute Gasteiger partial charge is 0.469 e. The van der Waals surface area contributed by atoms with Gasteiger partial charge in [-0.3, -0.25) is 9.59 Å². The summed E-state index contributed by atoms with van der Waals surface area (Å²) in [5.41, 5.74) is 1.07. The fourth-order valence-corrected chi connectivity index (χ4v) is 1.67. The second-order valence-electron chi connectivity index (χ2n) is 4.33. The zero-order chi connectivity index (χ0) is 14.8. The molecule has 0 unspecified atom stereocenters. The van der Waals surface area contributed by atoms with Crippen LogP contribution in [0.25, 0.3) is 0 Å². The Morgan fingerprint density at radius 2 is 1.90 bits per heavy atom. The van der Waals surface area contributed by atoms with Gasteiger partial charge in [0, 0.05) is 18.5 Å². The summed E-state index contributed by atoms with van der Waals surface area (Å²) in [6.45, 7) is 0.569. The van der Waals surface area contributed by atoms with Gasteiger partial charge in [0.1, 0.15) is 0 Å². The van der Waals surface area contributed by atoms with Crippen molar-refractivity contribution in [2.24, 2.45) is 0 Å². The molecular weight excluding hydrogens is 256 g/mol. The van der Waals surface area contributed by atoms with E-state index in [0.29, 0.717) is 24.1 Å². The molecule has 1 aromatic carbocycles. The summed E-state index contributed by atoms with van der Waals surface area (Å²) in [6, 6.07) is 8.50. The van der Waals surface area contributed by atoms with Gasteiger partial charge >= 0.3 is 5.97 Å². The summed E-state index contributed by atoms with van der Waals surface area (Å²) < 4.78 is 4.54. The average Bonchev–Trinajstić information content (AvgIpc) is 2.50. The van der Waals surface area contributed by atoms with Crippen LogP contribution in [0.2, 0.25) is 0 Å². The van der Waals surface area contributed by atoms with Crippen LogP contribution in [0.3, 0.4) is 0 Å². The minimum Gasteiger partial charge on any atom is -0.469 e. The molecule has 1 amide bonds. The molecule has 0 aromatic heterocycles. The van der Waals surface area contributed by atoms with Gasteiger partial charge in [0.05, 0.1) is 18.7 Å². The highest BCUT2D eigenvalue weighted by molar-refractivity contribution is 5.94. The van der Waals surface area contributed by atoms with Crippen LogP contribution in [0.5, 0.6) is 0 Å². The van der Waals surface area contributed by atoms with E-state index in [2.05, 4.69) is 10.1 Å². The highest BCUT2D eigenvalue weighted by Crippen LogP contribution is 2.04. The highest BCUT2D eigenvalue weighted by Gasteiger charge is 2.04. The molecule has 20 heavy (non-hydrogen) atoms. The number of unbranched alkanes of at least 4 members (excludes halogenated alkanes) is 2. The summed E-state index contributed by atoms with van der Waals surface area (Å²) >= 11 is 0. The van der Waals surface area contributed by atoms with Gasteiger partial charge in [-0.05, 0) is 37.1 Å². The summed E-state index contributed by atoms with van der Waals surface area (Å²) in [5.74, 6) is -0.353. The summed E-state index contributed by atoms with van der Waals surface area (Å²) in [4.78, 5) is 22.6. The minimum absolute atomic E-state index is 0.151. The van der Waals surface area contributed by atoms with E-state index in [1.165, 1.54) is 7.11 Å². The fourth-order valence-electron chi connectivity index (χ4n) is 1.67. The van der Waals surface area contributed by atoms with Crippen molar-refractivity contribution in [3.05, 3.63) is 35.4 Å². The van der Waals surface area contributed by atoms with Crippen LogP contribution < -0.4 is 5.32 Å². The van der Waals surface area contributed by atoms with Crippen LogP contribution in [0.15, 0.2) is 24.3 Å². The van der Waals surface area contributed by atoms with Crippen LogP contribution in [0.4, 0.5) is 0 Å². The molecule has 0 fully saturated rings. The molecule has 0 aliphatic carbocycles. The molecule has 0 radical (unpaired) electrons. The molecule has 106 valence electrons. The second kappa shape index (κ2) is 8.70. The molecular formula is C15H18N2O3. The van der Waals surface area contributed by atoms with E-state index in [1.807, 2.05) is 6.07 Å². The summed E-state index contributed by atoms with van der Waals surface area (Å²) in [5, 5.41) is 11.5. The number of nitrogens with zero attached hydrogens (tertiary/aromatic N) is 1. The number of nitrogens with one attached hydrogen (secondary N) is 1. The lowest BCUT2D eigenvalue weighted by Crippen LogP contribution is -2.24. The number of rotatable bonds is 7. The Morgan fingerprint density at radius 3 is 2.50 bits per heavy atom. The third-order valence-electron chi connectivity index (χ3n) is 2.85. The van der Waals surface area contributed by atoms with Crippen molar-refractivity contribution in [1.82, 2.24) is 5.32 Å². The van der Waals surface area contributed by atoms with Crippen molar-refractivity contribution in [1.29, 1.82) is 5.26 Å². The van der Waals surface area contributed by atoms with E-state index >= 15 is 0 Å². The number of ether oxygens (including phenoxy) is 1. The van der Waals surface area contributed by atoms with E-state index in [9.17, 15) is 9.59 Å². The first-order chi connectivity index (χ1) is 9.67. The number of benzene rings is 1. The average molecular weight is 274 g/mol. The maximum atomic E-state index is 11.8. The molecule has 1 N–H and O–H groups in total. The number of carbonyl (C=O) groups excluding carboxylic acids is 2. The first-order valence-electron chi connectivity index (χ1n) is 6.52. The first-order valence-corrected chi connectivity index (χ1v) is 6.52. The standard InChI is InChI=1S/C15H18N2O3/c1-20-14(18)5-3-2-4-10-17-15(19)13-8-6-12(11-16)7-9-13/h6-9H,2-5,10H2,1H3,(H,17,19). The monoisotopic (exact) mass is 274 g/mol. The van der Waals surface area contributed by atoms with E-state index in [4.69, 9.17) is 5.26 Å². The Bertz CT molecular complexity index is 489. The van der Waals surface area contributed by atoms with E-state index in [-0.39, 0.29) is 11.9 Å². The lowest BCUT2D eigenvalue weighted by Gasteiger charge is -2.05. The third-order valence-corrected chi connectivity index (χ3v) is 2.85. The Labute approximate surface area is 118 Å². The molecule has 5 nitrogen and oxygen atoms in total. The number of methoxy groups -OCH3 is 1. The SMILES string of the molecule is COC(=O)CCCCCNC(=O)c1ccc(C#N)cc1. The molecule has 0 saturated heterocycles. The topological polar surface area (TPSA) is 79.2 Å². The zero-order valence-electron chi connectivity index (χ0n) is 11.5. The number of hydrogen-bond donors (Lipinski definition) is 1. The fraction of sp³-hybridized carbons (Fsp3) is 0.400. The lowest BCUT2D eigenvalue weighted by molar-refractivity contribution is -0.140. The zero-order valence-corrected chi connectivity index (χ0v) is 11.5. The van der Waals surface area contributed by atoms with E-state index in [0.717, 1.165) is 19.3 Å². The van der Waals surface area contributed by atoms with Crippen molar-refractivity contribution >= 4 is 11.9 Å². The first kappa shape index (κ1) is 15.7. The smallest absolute Gasteiger partial charge is 0.305 e. The van der Waals surface area contributed by atoms with Gasteiger partial charge in [0.25, 0.3) is 5.91 Å². The Balaban J connectivity index is 2.20. The molecule has 0 saturated carbocycles. The number of amides is 1. The van der Waals surface area contributed by atoms with Gasteiger partial charge in [-0.2, -0.15) is 5.26 Å². The molecule has 0 aliphatic rings. The van der Waals surface area contributed by atoms with Crippen LogP contribution in [0.1, 0.15) is 41.6 Å². The van der Waals surface area contributed by atoms with Crippen molar-refractivity contribution in [2.75, 3.05) is 13.7 Å².